The van der Waals surface area contributed by atoms with Gasteiger partial charge < -0.3 is 9.84 Å². The molecule has 0 amide bonds. The minimum Gasteiger partial charge on any atom is -0.478 e. The van der Waals surface area contributed by atoms with E-state index in [0.29, 0.717) is 16.5 Å². The van der Waals surface area contributed by atoms with Gasteiger partial charge in [-0.25, -0.2) is 4.79 Å². The normalized spacial score (nSPS) is 10.9. The summed E-state index contributed by atoms with van der Waals surface area (Å²) in [6.07, 6.45) is -3.15. The van der Waals surface area contributed by atoms with Crippen molar-refractivity contribution in [1.82, 2.24) is 0 Å². The molecule has 0 atom stereocenters. The zero-order chi connectivity index (χ0) is 20.0. The molecule has 0 saturated carbocycles. The Hall–Kier alpha value is -3.02. The van der Waals surface area contributed by atoms with Gasteiger partial charge >= 0.3 is 12.1 Å². The van der Waals surface area contributed by atoms with Crippen LogP contribution < -0.4 is 4.74 Å². The van der Waals surface area contributed by atoms with Crippen molar-refractivity contribution >= 4 is 16.7 Å². The predicted molar refractivity (Wildman–Crippen MR) is 98.4 cm³/mol. The first-order valence-corrected chi connectivity index (χ1v) is 8.37. The molecule has 0 fully saturated rings. The van der Waals surface area contributed by atoms with E-state index < -0.39 is 17.7 Å². The lowest BCUT2D eigenvalue weighted by molar-refractivity contribution is -0.137. The summed E-state index contributed by atoms with van der Waals surface area (Å²) in [7, 11) is 0. The molecule has 3 aromatic carbocycles. The summed E-state index contributed by atoms with van der Waals surface area (Å²) in [4.78, 5) is 11.0. The largest absolute Gasteiger partial charge is 0.478 e. The average Bonchev–Trinajstić information content (AvgIpc) is 2.62. The highest BCUT2D eigenvalue weighted by Gasteiger charge is 2.30. The smallest absolute Gasteiger partial charge is 0.416 e. The van der Waals surface area contributed by atoms with Crippen molar-refractivity contribution < 1.29 is 27.8 Å². The summed E-state index contributed by atoms with van der Waals surface area (Å²) < 4.78 is 43.4. The maximum Gasteiger partial charge on any atom is 0.416 e. The molecule has 142 valence electrons. The molecule has 3 rings (SSSR count). The number of ether oxygens (including phenoxy) is 1. The number of alkyl halides is 3. The van der Waals surface area contributed by atoms with E-state index in [1.807, 2.05) is 0 Å². The third-order valence-corrected chi connectivity index (χ3v) is 3.50. The molecule has 0 unspecified atom stereocenters. The maximum absolute atomic E-state index is 12.6. The van der Waals surface area contributed by atoms with Crippen molar-refractivity contribution in [1.29, 1.82) is 0 Å². The van der Waals surface area contributed by atoms with Crippen LogP contribution in [-0.4, -0.2) is 11.1 Å². The number of carboxylic acids is 1. The van der Waals surface area contributed by atoms with Gasteiger partial charge in [0, 0.05) is 5.39 Å². The molecule has 0 bridgehead atoms. The second-order valence-corrected chi connectivity index (χ2v) is 5.83. The van der Waals surface area contributed by atoms with Gasteiger partial charge in [0.2, 0.25) is 0 Å². The molecule has 0 aliphatic carbocycles. The van der Waals surface area contributed by atoms with Crippen LogP contribution in [0.5, 0.6) is 11.5 Å². The Morgan fingerprint density at radius 1 is 1.00 bits per heavy atom. The van der Waals surface area contributed by atoms with Crippen LogP contribution in [0.4, 0.5) is 13.2 Å². The Morgan fingerprint density at radius 3 is 2.19 bits per heavy atom. The van der Waals surface area contributed by atoms with Crippen LogP contribution in [0, 0.1) is 0 Å². The van der Waals surface area contributed by atoms with Crippen LogP contribution in [0.1, 0.15) is 36.2 Å². The van der Waals surface area contributed by atoms with Crippen molar-refractivity contribution in [3.63, 3.8) is 0 Å². The second-order valence-electron chi connectivity index (χ2n) is 5.83. The lowest BCUT2D eigenvalue weighted by atomic mass is 10.1. The fraction of sp³-hybridized carbons (Fsp3) is 0.190. The number of hydrogen-bond donors (Lipinski definition) is 1. The first-order valence-electron chi connectivity index (χ1n) is 8.37. The molecule has 0 aliphatic heterocycles. The van der Waals surface area contributed by atoms with E-state index in [1.165, 1.54) is 30.7 Å². The maximum atomic E-state index is 12.6. The third-order valence-electron chi connectivity index (χ3n) is 3.50. The lowest BCUT2D eigenvalue weighted by Gasteiger charge is -2.11. The van der Waals surface area contributed by atoms with Crippen LogP contribution in [0.25, 0.3) is 10.8 Å². The number of halogens is 3. The number of carbonyl (C=O) groups is 1. The molecule has 0 heterocycles. The molecule has 3 aromatic rings. The molecule has 0 aliphatic rings. The molecule has 3 nitrogen and oxygen atoms in total. The van der Waals surface area contributed by atoms with Crippen molar-refractivity contribution in [2.75, 3.05) is 0 Å². The highest BCUT2D eigenvalue weighted by Crippen LogP contribution is 2.33. The summed E-state index contributed by atoms with van der Waals surface area (Å²) in [5.74, 6) is -0.340. The summed E-state index contributed by atoms with van der Waals surface area (Å²) in [5, 5.41) is 10.4. The molecule has 0 saturated heterocycles. The Kier molecular flexibility index (Phi) is 6.45. The zero-order valence-electron chi connectivity index (χ0n) is 14.9. The topological polar surface area (TPSA) is 46.5 Å². The zero-order valence-corrected chi connectivity index (χ0v) is 14.9. The molecular weight excluding hydrogens is 357 g/mol. The third kappa shape index (κ3) is 5.23. The van der Waals surface area contributed by atoms with E-state index in [-0.39, 0.29) is 11.3 Å². The summed E-state index contributed by atoms with van der Waals surface area (Å²) in [6, 6.07) is 14.0. The number of benzene rings is 3. The van der Waals surface area contributed by atoms with Gasteiger partial charge in [-0.15, -0.1) is 0 Å². The van der Waals surface area contributed by atoms with Crippen LogP contribution in [0.3, 0.4) is 0 Å². The van der Waals surface area contributed by atoms with Gasteiger partial charge in [0.25, 0.3) is 0 Å². The fourth-order valence-electron chi connectivity index (χ4n) is 2.31. The Balaban J connectivity index is 0.000000817. The molecule has 0 radical (unpaired) electrons. The number of fused-ring (bicyclic) bond motifs is 1. The number of hydrogen-bond acceptors (Lipinski definition) is 2. The summed E-state index contributed by atoms with van der Waals surface area (Å²) in [6.45, 7) is 4.25. The predicted octanol–water partition coefficient (Wildman–Crippen LogP) is 6.77. The van der Waals surface area contributed by atoms with E-state index >= 15 is 0 Å². The van der Waals surface area contributed by atoms with Gasteiger partial charge in [-0.3, -0.25) is 0 Å². The van der Waals surface area contributed by atoms with E-state index in [4.69, 9.17) is 9.84 Å². The molecule has 1 N–H and O–H groups in total. The molecular formula is C21H19F3O3. The van der Waals surface area contributed by atoms with Gasteiger partial charge in [0.05, 0.1) is 11.1 Å². The lowest BCUT2D eigenvalue weighted by Crippen LogP contribution is -2.04. The van der Waals surface area contributed by atoms with Crippen LogP contribution in [0.15, 0.2) is 60.7 Å². The van der Waals surface area contributed by atoms with E-state index in [1.54, 1.807) is 24.3 Å². The highest BCUT2D eigenvalue weighted by molar-refractivity contribution is 5.96. The number of carboxylic acid groups (broad SMARTS) is 1. The molecule has 6 heteroatoms. The van der Waals surface area contributed by atoms with Gasteiger partial charge in [-0.2, -0.15) is 13.2 Å². The Bertz CT molecular complexity index is 916. The highest BCUT2D eigenvalue weighted by atomic mass is 19.4. The van der Waals surface area contributed by atoms with Crippen molar-refractivity contribution in [2.45, 2.75) is 26.4 Å². The minimum absolute atomic E-state index is 0.147. The van der Waals surface area contributed by atoms with E-state index in [9.17, 15) is 18.0 Å². The van der Waals surface area contributed by atoms with Crippen molar-refractivity contribution in [2.24, 2.45) is 0 Å². The van der Waals surface area contributed by atoms with Crippen LogP contribution in [0.2, 0.25) is 0 Å². The Labute approximate surface area is 155 Å². The summed E-state index contributed by atoms with van der Waals surface area (Å²) >= 11 is 0. The van der Waals surface area contributed by atoms with Crippen LogP contribution in [-0.2, 0) is 6.18 Å². The molecule has 0 spiro atoms. The Morgan fingerprint density at radius 2 is 1.63 bits per heavy atom. The van der Waals surface area contributed by atoms with Gasteiger partial charge in [0.15, 0.2) is 0 Å². The van der Waals surface area contributed by atoms with Crippen LogP contribution >= 0.6 is 0 Å². The number of aromatic carboxylic acids is 1. The molecule has 27 heavy (non-hydrogen) atoms. The SMILES string of the molecule is CCC.O=C(O)c1ccc2c(Oc3ccc(C(F)(F)F)cc3)cccc2c1. The van der Waals surface area contributed by atoms with Gasteiger partial charge in [-0.05, 0) is 53.9 Å². The quantitative estimate of drug-likeness (QED) is 0.549. The molecule has 0 aromatic heterocycles. The fourth-order valence-corrected chi connectivity index (χ4v) is 2.31. The van der Waals surface area contributed by atoms with Crippen molar-refractivity contribution in [3.05, 3.63) is 71.8 Å². The summed E-state index contributed by atoms with van der Waals surface area (Å²) in [5.41, 5.74) is -0.604. The van der Waals surface area contributed by atoms with Gasteiger partial charge in [-0.1, -0.05) is 32.4 Å². The number of rotatable bonds is 3. The second kappa shape index (κ2) is 8.58. The minimum atomic E-state index is -4.40. The van der Waals surface area contributed by atoms with E-state index in [2.05, 4.69) is 13.8 Å². The first-order chi connectivity index (χ1) is 12.8. The van der Waals surface area contributed by atoms with E-state index in [0.717, 1.165) is 12.1 Å². The monoisotopic (exact) mass is 376 g/mol. The van der Waals surface area contributed by atoms with Gasteiger partial charge in [0.1, 0.15) is 11.5 Å². The average molecular weight is 376 g/mol. The standard InChI is InChI=1S/C18H11F3O3.C3H8/c19-18(20,21)13-5-7-14(8-6-13)24-16-3-1-2-11-10-12(17(22)23)4-9-15(11)16;1-3-2/h1-10H,(H,22,23);3H2,1-2H3. The van der Waals surface area contributed by atoms with Crippen molar-refractivity contribution in [3.8, 4) is 11.5 Å². The first kappa shape index (κ1) is 20.3.